The largest absolute Gasteiger partial charge is 0.344 e. The maximum atomic E-state index is 11.3. The summed E-state index contributed by atoms with van der Waals surface area (Å²) in [5.41, 5.74) is 7.14. The average molecular weight is 632 g/mol. The summed E-state index contributed by atoms with van der Waals surface area (Å²) >= 11 is 0. The van der Waals surface area contributed by atoms with Crippen molar-refractivity contribution in [2.75, 3.05) is 24.2 Å². The van der Waals surface area contributed by atoms with E-state index in [-0.39, 0.29) is 16.6 Å². The van der Waals surface area contributed by atoms with Crippen LogP contribution in [-0.4, -0.2) is 42.6 Å². The van der Waals surface area contributed by atoms with Gasteiger partial charge in [-0.05, 0) is 72.0 Å². The first-order chi connectivity index (χ1) is 21.9. The van der Waals surface area contributed by atoms with E-state index in [4.69, 9.17) is 0 Å². The number of rotatable bonds is 9. The van der Waals surface area contributed by atoms with Gasteiger partial charge in [0.05, 0.1) is 11.2 Å². The molecule has 0 fully saturated rings. The maximum absolute atomic E-state index is 11.3. The van der Waals surface area contributed by atoms with Crippen molar-refractivity contribution in [2.45, 2.75) is 51.4 Å². The Morgan fingerprint density at radius 1 is 0.739 bits per heavy atom. The number of hydrogen-bond donors (Lipinski definition) is 1. The van der Waals surface area contributed by atoms with Crippen molar-refractivity contribution < 1.29 is 17.5 Å². The van der Waals surface area contributed by atoms with Crippen molar-refractivity contribution in [1.82, 2.24) is 0 Å². The van der Waals surface area contributed by atoms with Crippen LogP contribution in [0.2, 0.25) is 0 Å². The summed E-state index contributed by atoms with van der Waals surface area (Å²) < 4.78 is 34.2. The molecule has 0 atom stereocenters. The second-order valence-electron chi connectivity index (χ2n) is 13.4. The molecule has 0 amide bonds. The lowest BCUT2D eigenvalue weighted by Gasteiger charge is -2.27. The Kier molecular flexibility index (Phi) is 8.38. The predicted octanol–water partition coefficient (Wildman–Crippen LogP) is 9.02. The molecule has 0 aliphatic carbocycles. The van der Waals surface area contributed by atoms with Gasteiger partial charge in [0.1, 0.15) is 7.05 Å². The van der Waals surface area contributed by atoms with E-state index >= 15 is 0 Å². The lowest BCUT2D eigenvalue weighted by molar-refractivity contribution is -0.401. The molecule has 0 spiro atoms. The zero-order valence-corrected chi connectivity index (χ0v) is 28.2. The summed E-state index contributed by atoms with van der Waals surface area (Å²) in [4.78, 5) is 2.32. The quantitative estimate of drug-likeness (QED) is 0.0867. The SMILES string of the molecule is C[N+]1=C(\C=C/C=C/C=C/C=C2\N(CCCCS(=O)(=O)O)c3ccc4ccccc4c3C2(C)C)C(C)(C)c2c1ccc1ccccc21. The molecule has 1 N–H and O–H groups in total. The number of unbranched alkanes of at least 4 members (excludes halogenated alkanes) is 1. The van der Waals surface area contributed by atoms with Crippen LogP contribution >= 0.6 is 0 Å². The van der Waals surface area contributed by atoms with E-state index < -0.39 is 10.1 Å². The number of benzene rings is 4. The zero-order valence-electron chi connectivity index (χ0n) is 27.4. The minimum absolute atomic E-state index is 0.117. The van der Waals surface area contributed by atoms with E-state index in [9.17, 15) is 13.0 Å². The van der Waals surface area contributed by atoms with Crippen LogP contribution in [0.4, 0.5) is 11.4 Å². The zero-order chi connectivity index (χ0) is 32.7. The Bertz CT molecular complexity index is 2100. The molecule has 0 unspecified atom stereocenters. The molecule has 0 saturated heterocycles. The number of allylic oxidation sites excluding steroid dienone is 8. The first kappa shape index (κ1) is 31.7. The molecule has 236 valence electrons. The topological polar surface area (TPSA) is 60.6 Å². The van der Waals surface area contributed by atoms with E-state index in [1.165, 1.54) is 49.8 Å². The Morgan fingerprint density at radius 2 is 1.35 bits per heavy atom. The summed E-state index contributed by atoms with van der Waals surface area (Å²) in [6, 6.07) is 25.9. The highest BCUT2D eigenvalue weighted by Crippen LogP contribution is 2.51. The van der Waals surface area contributed by atoms with E-state index in [1.54, 1.807) is 0 Å². The summed E-state index contributed by atoms with van der Waals surface area (Å²) in [7, 11) is -1.82. The first-order valence-electron chi connectivity index (χ1n) is 16.0. The second kappa shape index (κ2) is 12.2. The normalized spacial score (nSPS) is 18.3. The molecule has 5 nitrogen and oxygen atoms in total. The Hall–Kier alpha value is -4.26. The fourth-order valence-corrected chi connectivity index (χ4v) is 8.08. The van der Waals surface area contributed by atoms with Crippen LogP contribution < -0.4 is 4.90 Å². The van der Waals surface area contributed by atoms with Crippen LogP contribution in [0.15, 0.2) is 121 Å². The highest BCUT2D eigenvalue weighted by atomic mass is 32.2. The molecular formula is C40H43N2O3S+. The fraction of sp³-hybridized carbons (Fsp3) is 0.275. The molecule has 6 rings (SSSR count). The molecule has 0 bridgehead atoms. The second-order valence-corrected chi connectivity index (χ2v) is 15.0. The van der Waals surface area contributed by atoms with Gasteiger partial charge in [-0.15, -0.1) is 0 Å². The van der Waals surface area contributed by atoms with Gasteiger partial charge in [-0.1, -0.05) is 98.8 Å². The van der Waals surface area contributed by atoms with Gasteiger partial charge in [-0.25, -0.2) is 0 Å². The third kappa shape index (κ3) is 5.76. The van der Waals surface area contributed by atoms with Crippen molar-refractivity contribution in [3.8, 4) is 0 Å². The van der Waals surface area contributed by atoms with Crippen LogP contribution in [0.1, 0.15) is 51.7 Å². The minimum Gasteiger partial charge on any atom is -0.344 e. The summed E-state index contributed by atoms with van der Waals surface area (Å²) in [5.74, 6) is -0.221. The first-order valence-corrected chi connectivity index (χ1v) is 17.6. The van der Waals surface area contributed by atoms with Gasteiger partial charge >= 0.3 is 0 Å². The third-order valence-electron chi connectivity index (χ3n) is 9.64. The lowest BCUT2D eigenvalue weighted by Crippen LogP contribution is -2.27. The maximum Gasteiger partial charge on any atom is 0.264 e. The van der Waals surface area contributed by atoms with Gasteiger partial charge in [0.2, 0.25) is 5.69 Å². The molecule has 4 aromatic carbocycles. The Morgan fingerprint density at radius 3 is 2.04 bits per heavy atom. The van der Waals surface area contributed by atoms with E-state index in [2.05, 4.69) is 160 Å². The molecular weight excluding hydrogens is 589 g/mol. The number of anilines is 1. The van der Waals surface area contributed by atoms with Gasteiger partial charge in [0.15, 0.2) is 5.71 Å². The molecule has 4 aromatic rings. The molecule has 0 aromatic heterocycles. The summed E-state index contributed by atoms with van der Waals surface area (Å²) in [6.45, 7) is 9.79. The van der Waals surface area contributed by atoms with Gasteiger partial charge in [-0.2, -0.15) is 13.0 Å². The Labute approximate surface area is 273 Å². The van der Waals surface area contributed by atoms with Crippen LogP contribution in [0.25, 0.3) is 21.5 Å². The highest BCUT2D eigenvalue weighted by Gasteiger charge is 2.44. The van der Waals surface area contributed by atoms with Crippen molar-refractivity contribution in [2.24, 2.45) is 0 Å². The van der Waals surface area contributed by atoms with Crippen LogP contribution in [-0.2, 0) is 20.9 Å². The van der Waals surface area contributed by atoms with Gasteiger partial charge in [0, 0.05) is 41.1 Å². The van der Waals surface area contributed by atoms with Gasteiger partial charge in [0.25, 0.3) is 10.1 Å². The van der Waals surface area contributed by atoms with Crippen molar-refractivity contribution >= 4 is 48.7 Å². The lowest BCUT2D eigenvalue weighted by atomic mass is 9.79. The molecule has 2 aliphatic rings. The molecule has 2 aliphatic heterocycles. The van der Waals surface area contributed by atoms with E-state index in [0.29, 0.717) is 19.4 Å². The average Bonchev–Trinajstić information content (AvgIpc) is 3.36. The molecule has 2 heterocycles. The number of hydrogen-bond acceptors (Lipinski definition) is 3. The number of nitrogens with zero attached hydrogens (tertiary/aromatic N) is 2. The Balaban J connectivity index is 1.23. The minimum atomic E-state index is -3.97. The molecule has 0 saturated carbocycles. The van der Waals surface area contributed by atoms with Crippen molar-refractivity contribution in [3.63, 3.8) is 0 Å². The van der Waals surface area contributed by atoms with Gasteiger partial charge < -0.3 is 4.90 Å². The van der Waals surface area contributed by atoms with Crippen molar-refractivity contribution in [3.05, 3.63) is 132 Å². The molecule has 0 radical (unpaired) electrons. The molecule has 46 heavy (non-hydrogen) atoms. The van der Waals surface area contributed by atoms with Crippen LogP contribution in [0.3, 0.4) is 0 Å². The van der Waals surface area contributed by atoms with E-state index in [0.717, 1.165) is 5.69 Å². The number of fused-ring (bicyclic) bond motifs is 6. The summed E-state index contributed by atoms with van der Waals surface area (Å²) in [6.07, 6.45) is 15.8. The van der Waals surface area contributed by atoms with Gasteiger partial charge in [-0.3, -0.25) is 4.55 Å². The van der Waals surface area contributed by atoms with Crippen LogP contribution in [0, 0.1) is 0 Å². The third-order valence-corrected chi connectivity index (χ3v) is 10.4. The monoisotopic (exact) mass is 631 g/mol. The standard InChI is InChI=1S/C40H42N2O3S/c1-39(2)35(41(5)33-25-23-29-17-11-13-19-31(29)37(33)39)21-9-7-6-8-10-22-36-40(3,4)38-32-20-14-12-18-30(32)24-26-34(38)42(36)27-15-16-28-46(43,44)45/h6-14,17-26H,15-16,27-28H2,1-5H3/p+1. The smallest absolute Gasteiger partial charge is 0.264 e. The molecule has 6 heteroatoms. The van der Waals surface area contributed by atoms with Crippen molar-refractivity contribution in [1.29, 1.82) is 0 Å². The fourth-order valence-electron chi connectivity index (χ4n) is 7.51. The van der Waals surface area contributed by atoms with Crippen LogP contribution in [0.5, 0.6) is 0 Å². The van der Waals surface area contributed by atoms with E-state index in [1.807, 2.05) is 0 Å². The predicted molar refractivity (Wildman–Crippen MR) is 193 cm³/mol. The highest BCUT2D eigenvalue weighted by molar-refractivity contribution is 7.85. The summed E-state index contributed by atoms with van der Waals surface area (Å²) in [5, 5.41) is 5.02.